The second kappa shape index (κ2) is 10.1. The molecule has 2 heterocycles. The number of rotatable bonds is 7. The predicted molar refractivity (Wildman–Crippen MR) is 105 cm³/mol. The van der Waals surface area contributed by atoms with Crippen molar-refractivity contribution in [1.29, 1.82) is 0 Å². The van der Waals surface area contributed by atoms with Gasteiger partial charge in [0, 0.05) is 52.2 Å². The van der Waals surface area contributed by atoms with Gasteiger partial charge in [-0.25, -0.2) is 4.39 Å². The van der Waals surface area contributed by atoms with Crippen molar-refractivity contribution in [2.45, 2.75) is 12.6 Å². The van der Waals surface area contributed by atoms with Crippen molar-refractivity contribution < 1.29 is 9.13 Å². The van der Waals surface area contributed by atoms with Crippen LogP contribution in [0.15, 0.2) is 53.8 Å². The monoisotopic (exact) mass is 373 g/mol. The number of nitrogens with one attached hydrogen (secondary N) is 2. The number of benzene rings is 1. The summed E-state index contributed by atoms with van der Waals surface area (Å²) in [6, 6.07) is 10.9. The van der Waals surface area contributed by atoms with E-state index in [4.69, 9.17) is 4.74 Å². The molecule has 1 unspecified atom stereocenters. The first-order valence-corrected chi connectivity index (χ1v) is 9.39. The van der Waals surface area contributed by atoms with Gasteiger partial charge >= 0.3 is 0 Å². The standard InChI is InChI=1S/C20H28FN5O/c1-22-20(23-8-11-25-9-2-3-10-25)24-16-19(26-12-14-27-15-13-26)17-4-6-18(21)7-5-17/h2-7,9-10,19H,8,11-16H2,1H3,(H2,22,23,24). The van der Waals surface area contributed by atoms with Gasteiger partial charge < -0.3 is 19.9 Å². The van der Waals surface area contributed by atoms with Crippen molar-refractivity contribution in [3.05, 3.63) is 60.2 Å². The zero-order valence-electron chi connectivity index (χ0n) is 15.8. The fourth-order valence-corrected chi connectivity index (χ4v) is 3.27. The van der Waals surface area contributed by atoms with Crippen LogP contribution < -0.4 is 10.6 Å². The number of nitrogens with zero attached hydrogens (tertiary/aromatic N) is 3. The van der Waals surface area contributed by atoms with E-state index < -0.39 is 0 Å². The fourth-order valence-electron chi connectivity index (χ4n) is 3.27. The Morgan fingerprint density at radius 2 is 1.85 bits per heavy atom. The van der Waals surface area contributed by atoms with Gasteiger partial charge in [0.15, 0.2) is 5.96 Å². The average molecular weight is 373 g/mol. The molecule has 1 aliphatic heterocycles. The van der Waals surface area contributed by atoms with Crippen molar-refractivity contribution in [3.63, 3.8) is 0 Å². The molecule has 1 atom stereocenters. The lowest BCUT2D eigenvalue weighted by molar-refractivity contribution is 0.0170. The normalized spacial score (nSPS) is 16.9. The smallest absolute Gasteiger partial charge is 0.191 e. The number of morpholine rings is 1. The highest BCUT2D eigenvalue weighted by molar-refractivity contribution is 5.79. The van der Waals surface area contributed by atoms with Crippen molar-refractivity contribution in [2.24, 2.45) is 4.99 Å². The number of hydrogen-bond acceptors (Lipinski definition) is 3. The fraction of sp³-hybridized carbons (Fsp3) is 0.450. The summed E-state index contributed by atoms with van der Waals surface area (Å²) in [7, 11) is 1.77. The third kappa shape index (κ3) is 5.80. The van der Waals surface area contributed by atoms with E-state index in [0.29, 0.717) is 6.54 Å². The molecular weight excluding hydrogens is 345 g/mol. The van der Waals surface area contributed by atoms with E-state index in [1.807, 2.05) is 36.7 Å². The van der Waals surface area contributed by atoms with Crippen LogP contribution in [0.2, 0.25) is 0 Å². The van der Waals surface area contributed by atoms with E-state index in [0.717, 1.165) is 50.9 Å². The molecule has 0 radical (unpaired) electrons. The molecule has 7 heteroatoms. The number of aromatic nitrogens is 1. The van der Waals surface area contributed by atoms with Crippen LogP contribution in [0.25, 0.3) is 0 Å². The number of aliphatic imine (C=N–C) groups is 1. The van der Waals surface area contributed by atoms with E-state index in [1.165, 1.54) is 12.1 Å². The Bertz CT molecular complexity index is 696. The van der Waals surface area contributed by atoms with Gasteiger partial charge in [0.05, 0.1) is 19.3 Å². The quantitative estimate of drug-likeness (QED) is 0.575. The zero-order chi connectivity index (χ0) is 18.9. The first kappa shape index (κ1) is 19.4. The average Bonchev–Trinajstić information content (AvgIpc) is 3.22. The van der Waals surface area contributed by atoms with Crippen LogP contribution in [0, 0.1) is 5.82 Å². The number of hydrogen-bond donors (Lipinski definition) is 2. The lowest BCUT2D eigenvalue weighted by Crippen LogP contribution is -2.46. The molecule has 2 N–H and O–H groups in total. The Kier molecular flexibility index (Phi) is 7.24. The summed E-state index contributed by atoms with van der Waals surface area (Å²) < 4.78 is 20.9. The second-order valence-electron chi connectivity index (χ2n) is 6.52. The molecule has 2 aromatic rings. The van der Waals surface area contributed by atoms with Gasteiger partial charge in [0.1, 0.15) is 5.82 Å². The van der Waals surface area contributed by atoms with Crippen LogP contribution in [0.5, 0.6) is 0 Å². The van der Waals surface area contributed by atoms with Crippen molar-refractivity contribution >= 4 is 5.96 Å². The van der Waals surface area contributed by atoms with E-state index >= 15 is 0 Å². The molecule has 6 nitrogen and oxygen atoms in total. The number of ether oxygens (including phenoxy) is 1. The van der Waals surface area contributed by atoms with Crippen molar-refractivity contribution in [3.8, 4) is 0 Å². The maximum Gasteiger partial charge on any atom is 0.191 e. The number of guanidine groups is 1. The third-order valence-corrected chi connectivity index (χ3v) is 4.76. The molecule has 0 spiro atoms. The summed E-state index contributed by atoms with van der Waals surface area (Å²) in [5, 5.41) is 6.75. The summed E-state index contributed by atoms with van der Waals surface area (Å²) in [5.74, 6) is 0.553. The maximum absolute atomic E-state index is 13.3. The maximum atomic E-state index is 13.3. The third-order valence-electron chi connectivity index (χ3n) is 4.76. The van der Waals surface area contributed by atoms with E-state index in [1.54, 1.807) is 7.05 Å². The van der Waals surface area contributed by atoms with Gasteiger partial charge in [-0.05, 0) is 29.8 Å². The molecular formula is C20H28FN5O. The summed E-state index contributed by atoms with van der Waals surface area (Å²) in [5.41, 5.74) is 1.09. The minimum atomic E-state index is -0.213. The lowest BCUT2D eigenvalue weighted by atomic mass is 10.0. The zero-order valence-corrected chi connectivity index (χ0v) is 15.8. The highest BCUT2D eigenvalue weighted by atomic mass is 19.1. The van der Waals surface area contributed by atoms with Gasteiger partial charge in [0.25, 0.3) is 0 Å². The predicted octanol–water partition coefficient (Wildman–Crippen LogP) is 1.87. The Balaban J connectivity index is 1.57. The SMILES string of the molecule is CN=C(NCCn1cccc1)NCC(c1ccc(F)cc1)N1CCOCC1. The van der Waals surface area contributed by atoms with E-state index in [9.17, 15) is 4.39 Å². The topological polar surface area (TPSA) is 53.8 Å². The Morgan fingerprint density at radius 1 is 1.15 bits per heavy atom. The highest BCUT2D eigenvalue weighted by Gasteiger charge is 2.23. The van der Waals surface area contributed by atoms with Crippen LogP contribution >= 0.6 is 0 Å². The molecule has 0 bridgehead atoms. The largest absolute Gasteiger partial charge is 0.379 e. The van der Waals surface area contributed by atoms with Crippen LogP contribution in [0.3, 0.4) is 0 Å². The molecule has 3 rings (SSSR count). The van der Waals surface area contributed by atoms with E-state index in [-0.39, 0.29) is 11.9 Å². The highest BCUT2D eigenvalue weighted by Crippen LogP contribution is 2.21. The van der Waals surface area contributed by atoms with Crippen molar-refractivity contribution in [1.82, 2.24) is 20.1 Å². The number of halogens is 1. The van der Waals surface area contributed by atoms with Crippen LogP contribution in [-0.4, -0.2) is 61.9 Å². The molecule has 1 saturated heterocycles. The van der Waals surface area contributed by atoms with Crippen LogP contribution in [0.1, 0.15) is 11.6 Å². The molecule has 1 aromatic carbocycles. The molecule has 146 valence electrons. The summed E-state index contributed by atoms with van der Waals surface area (Å²) in [6.45, 7) is 5.52. The molecule has 0 aliphatic carbocycles. The summed E-state index contributed by atoms with van der Waals surface area (Å²) >= 11 is 0. The van der Waals surface area contributed by atoms with Gasteiger partial charge in [-0.2, -0.15) is 0 Å². The Morgan fingerprint density at radius 3 is 2.52 bits per heavy atom. The minimum absolute atomic E-state index is 0.137. The van der Waals surface area contributed by atoms with Gasteiger partial charge in [-0.1, -0.05) is 12.1 Å². The second-order valence-corrected chi connectivity index (χ2v) is 6.52. The molecule has 0 saturated carbocycles. The Labute approximate surface area is 160 Å². The first-order chi connectivity index (χ1) is 13.3. The van der Waals surface area contributed by atoms with E-state index in [2.05, 4.69) is 25.1 Å². The Hall–Kier alpha value is -2.38. The molecule has 27 heavy (non-hydrogen) atoms. The summed E-state index contributed by atoms with van der Waals surface area (Å²) in [6.07, 6.45) is 4.09. The first-order valence-electron chi connectivity index (χ1n) is 9.39. The van der Waals surface area contributed by atoms with Crippen LogP contribution in [0.4, 0.5) is 4.39 Å². The van der Waals surface area contributed by atoms with Gasteiger partial charge in [-0.15, -0.1) is 0 Å². The molecule has 1 aliphatic rings. The molecule has 1 aromatic heterocycles. The molecule has 1 fully saturated rings. The minimum Gasteiger partial charge on any atom is -0.379 e. The molecule has 0 amide bonds. The van der Waals surface area contributed by atoms with Crippen molar-refractivity contribution in [2.75, 3.05) is 46.4 Å². The van der Waals surface area contributed by atoms with Gasteiger partial charge in [0.2, 0.25) is 0 Å². The summed E-state index contributed by atoms with van der Waals surface area (Å²) in [4.78, 5) is 6.69. The lowest BCUT2D eigenvalue weighted by Gasteiger charge is -2.35. The van der Waals surface area contributed by atoms with Crippen LogP contribution in [-0.2, 0) is 11.3 Å². The van der Waals surface area contributed by atoms with Gasteiger partial charge in [-0.3, -0.25) is 9.89 Å².